The number of hydrogen-bond donors (Lipinski definition) is 1. The van der Waals surface area contributed by atoms with Crippen molar-refractivity contribution in [2.45, 2.75) is 13.1 Å². The monoisotopic (exact) mass is 244 g/mol. The maximum absolute atomic E-state index is 13.6. The molecule has 2 aromatic rings. The van der Waals surface area contributed by atoms with E-state index in [-0.39, 0.29) is 12.4 Å². The molecule has 0 aliphatic heterocycles. The lowest BCUT2D eigenvalue weighted by molar-refractivity contribution is 0.609. The van der Waals surface area contributed by atoms with Crippen LogP contribution in [0, 0.1) is 5.82 Å². The summed E-state index contributed by atoms with van der Waals surface area (Å²) in [6.07, 6.45) is 0. The Bertz CT molecular complexity index is 511. The fraction of sp³-hybridized carbons (Fsp3) is 0.200. The van der Waals surface area contributed by atoms with Crippen molar-refractivity contribution >= 4 is 5.69 Å². The van der Waals surface area contributed by atoms with Crippen LogP contribution < -0.4 is 10.6 Å². The van der Waals surface area contributed by atoms with Crippen LogP contribution in [0.5, 0.6) is 0 Å². The molecule has 0 radical (unpaired) electrons. The second kappa shape index (κ2) is 5.65. The first kappa shape index (κ1) is 12.6. The zero-order chi connectivity index (χ0) is 13.0. The van der Waals surface area contributed by atoms with Crippen molar-refractivity contribution in [3.05, 3.63) is 65.5 Å². The smallest absolute Gasteiger partial charge is 0.129 e. The van der Waals surface area contributed by atoms with Gasteiger partial charge in [-0.2, -0.15) is 0 Å². The number of anilines is 1. The molecule has 0 aliphatic rings. The molecule has 2 nitrogen and oxygen atoms in total. The zero-order valence-electron chi connectivity index (χ0n) is 10.4. The molecule has 0 amide bonds. The van der Waals surface area contributed by atoms with Crippen LogP contribution in [0.2, 0.25) is 0 Å². The van der Waals surface area contributed by atoms with Crippen LogP contribution in [0.1, 0.15) is 11.1 Å². The summed E-state index contributed by atoms with van der Waals surface area (Å²) in [7, 11) is 1.95. The van der Waals surface area contributed by atoms with Gasteiger partial charge in [0.1, 0.15) is 5.82 Å². The minimum atomic E-state index is -0.241. The van der Waals surface area contributed by atoms with E-state index in [1.165, 1.54) is 11.6 Å². The fourth-order valence-corrected chi connectivity index (χ4v) is 2.05. The summed E-state index contributed by atoms with van der Waals surface area (Å²) >= 11 is 0. The lowest BCUT2D eigenvalue weighted by Gasteiger charge is -2.22. The normalized spacial score (nSPS) is 10.4. The Morgan fingerprint density at radius 1 is 1.06 bits per heavy atom. The molecule has 18 heavy (non-hydrogen) atoms. The van der Waals surface area contributed by atoms with Crippen LogP contribution in [-0.4, -0.2) is 7.05 Å². The maximum Gasteiger partial charge on any atom is 0.129 e. The first-order valence-corrected chi connectivity index (χ1v) is 5.95. The third-order valence-electron chi connectivity index (χ3n) is 2.97. The first-order chi connectivity index (χ1) is 8.72. The lowest BCUT2D eigenvalue weighted by Crippen LogP contribution is -2.19. The Hall–Kier alpha value is -1.87. The van der Waals surface area contributed by atoms with E-state index in [0.717, 1.165) is 12.2 Å². The molecule has 0 atom stereocenters. The number of hydrogen-bond acceptors (Lipinski definition) is 2. The van der Waals surface area contributed by atoms with Gasteiger partial charge >= 0.3 is 0 Å². The minimum Gasteiger partial charge on any atom is -0.370 e. The van der Waals surface area contributed by atoms with Gasteiger partial charge in [-0.15, -0.1) is 0 Å². The van der Waals surface area contributed by atoms with E-state index in [1.807, 2.05) is 36.2 Å². The van der Waals surface area contributed by atoms with Crippen LogP contribution in [-0.2, 0) is 13.1 Å². The third kappa shape index (κ3) is 2.68. The fourth-order valence-electron chi connectivity index (χ4n) is 2.05. The predicted molar refractivity (Wildman–Crippen MR) is 72.8 cm³/mol. The van der Waals surface area contributed by atoms with Gasteiger partial charge in [-0.3, -0.25) is 0 Å². The van der Waals surface area contributed by atoms with Crippen molar-refractivity contribution < 1.29 is 4.39 Å². The van der Waals surface area contributed by atoms with Gasteiger partial charge in [0.25, 0.3) is 0 Å². The second-order valence-electron chi connectivity index (χ2n) is 4.28. The van der Waals surface area contributed by atoms with E-state index < -0.39 is 0 Å². The van der Waals surface area contributed by atoms with Crippen molar-refractivity contribution in [2.75, 3.05) is 11.9 Å². The highest BCUT2D eigenvalue weighted by molar-refractivity contribution is 5.54. The molecule has 2 N–H and O–H groups in total. The predicted octanol–water partition coefficient (Wildman–Crippen LogP) is 2.92. The van der Waals surface area contributed by atoms with Gasteiger partial charge in [-0.05, 0) is 17.7 Å². The highest BCUT2D eigenvalue weighted by atomic mass is 19.1. The summed E-state index contributed by atoms with van der Waals surface area (Å²) in [5.74, 6) is -0.241. The number of rotatable bonds is 4. The lowest BCUT2D eigenvalue weighted by atomic mass is 10.1. The van der Waals surface area contributed by atoms with Gasteiger partial charge in [0.2, 0.25) is 0 Å². The summed E-state index contributed by atoms with van der Waals surface area (Å²) in [5, 5.41) is 0. The minimum absolute atomic E-state index is 0.209. The molecule has 0 aliphatic carbocycles. The van der Waals surface area contributed by atoms with Gasteiger partial charge in [0.15, 0.2) is 0 Å². The molecule has 94 valence electrons. The molecule has 0 spiro atoms. The van der Waals surface area contributed by atoms with Crippen molar-refractivity contribution in [2.24, 2.45) is 5.73 Å². The highest BCUT2D eigenvalue weighted by Crippen LogP contribution is 2.23. The van der Waals surface area contributed by atoms with Crippen molar-refractivity contribution in [3.8, 4) is 0 Å². The molecule has 0 unspecified atom stereocenters. The molecule has 2 aromatic carbocycles. The van der Waals surface area contributed by atoms with E-state index in [9.17, 15) is 4.39 Å². The van der Waals surface area contributed by atoms with Gasteiger partial charge in [-0.1, -0.05) is 36.4 Å². The van der Waals surface area contributed by atoms with E-state index in [2.05, 4.69) is 12.1 Å². The molecule has 2 rings (SSSR count). The Morgan fingerprint density at radius 2 is 1.78 bits per heavy atom. The third-order valence-corrected chi connectivity index (χ3v) is 2.97. The second-order valence-corrected chi connectivity index (χ2v) is 4.28. The quantitative estimate of drug-likeness (QED) is 0.896. The Kier molecular flexibility index (Phi) is 3.95. The van der Waals surface area contributed by atoms with Gasteiger partial charge in [0, 0.05) is 31.4 Å². The van der Waals surface area contributed by atoms with Crippen LogP contribution in [0.25, 0.3) is 0 Å². The first-order valence-electron chi connectivity index (χ1n) is 5.95. The molecule has 0 heterocycles. The molecule has 0 aromatic heterocycles. The van der Waals surface area contributed by atoms with Crippen molar-refractivity contribution in [1.29, 1.82) is 0 Å². The summed E-state index contributed by atoms with van der Waals surface area (Å²) in [4.78, 5) is 2.01. The summed E-state index contributed by atoms with van der Waals surface area (Å²) < 4.78 is 13.6. The topological polar surface area (TPSA) is 29.3 Å². The highest BCUT2D eigenvalue weighted by Gasteiger charge is 2.10. The zero-order valence-corrected chi connectivity index (χ0v) is 10.4. The van der Waals surface area contributed by atoms with Gasteiger partial charge in [0.05, 0.1) is 0 Å². The number of halogens is 1. The largest absolute Gasteiger partial charge is 0.370 e. The molecule has 3 heteroatoms. The van der Waals surface area contributed by atoms with Gasteiger partial charge in [-0.25, -0.2) is 4.39 Å². The van der Waals surface area contributed by atoms with Crippen LogP contribution in [0.3, 0.4) is 0 Å². The molecule has 0 saturated heterocycles. The Balaban J connectivity index is 2.24. The molecule has 0 saturated carbocycles. The maximum atomic E-state index is 13.6. The summed E-state index contributed by atoms with van der Waals surface area (Å²) in [6, 6.07) is 15.1. The van der Waals surface area contributed by atoms with Gasteiger partial charge < -0.3 is 10.6 Å². The SMILES string of the molecule is CN(Cc1ccccc1)c1cccc(F)c1CN. The Morgan fingerprint density at radius 3 is 2.44 bits per heavy atom. The molecular weight excluding hydrogens is 227 g/mol. The standard InChI is InChI=1S/C15H17FN2/c1-18(11-12-6-3-2-4-7-12)15-9-5-8-14(16)13(15)10-17/h2-9H,10-11,17H2,1H3. The average Bonchev–Trinajstić information content (AvgIpc) is 2.39. The van der Waals surface area contributed by atoms with Crippen molar-refractivity contribution in [1.82, 2.24) is 0 Å². The average molecular weight is 244 g/mol. The van der Waals surface area contributed by atoms with Crippen LogP contribution in [0.4, 0.5) is 10.1 Å². The molecule has 0 bridgehead atoms. The van der Waals surface area contributed by atoms with Crippen LogP contribution in [0.15, 0.2) is 48.5 Å². The molecule has 0 fully saturated rings. The number of nitrogens with two attached hydrogens (primary N) is 1. The number of benzene rings is 2. The molecular formula is C15H17FN2. The van der Waals surface area contributed by atoms with E-state index in [0.29, 0.717) is 5.56 Å². The number of nitrogens with zero attached hydrogens (tertiary/aromatic N) is 1. The summed E-state index contributed by atoms with van der Waals surface area (Å²) in [5.41, 5.74) is 8.22. The van der Waals surface area contributed by atoms with Crippen molar-refractivity contribution in [3.63, 3.8) is 0 Å². The summed E-state index contributed by atoms with van der Waals surface area (Å²) in [6.45, 7) is 0.943. The van der Waals surface area contributed by atoms with Crippen LogP contribution >= 0.6 is 0 Å². The van der Waals surface area contributed by atoms with E-state index in [1.54, 1.807) is 6.07 Å². The van der Waals surface area contributed by atoms with E-state index >= 15 is 0 Å². The van der Waals surface area contributed by atoms with E-state index in [4.69, 9.17) is 5.73 Å². The Labute approximate surface area is 107 Å².